The molecule has 2 aromatic carbocycles. The van der Waals surface area contributed by atoms with Gasteiger partial charge in [0.05, 0.1) is 0 Å². The minimum Gasteiger partial charge on any atom is -0.0853 e. The first-order chi connectivity index (χ1) is 10.9. The molecule has 1 unspecified atom stereocenters. The summed E-state index contributed by atoms with van der Waals surface area (Å²) in [6.45, 7) is 0. The Morgan fingerprint density at radius 2 is 1.59 bits per heavy atom. The molecule has 0 saturated carbocycles. The van der Waals surface area contributed by atoms with Crippen LogP contribution in [-0.4, -0.2) is 0 Å². The van der Waals surface area contributed by atoms with Gasteiger partial charge in [0.2, 0.25) is 0 Å². The Kier molecular flexibility index (Phi) is 5.26. The van der Waals surface area contributed by atoms with Gasteiger partial charge < -0.3 is 0 Å². The van der Waals surface area contributed by atoms with Crippen LogP contribution in [0.1, 0.15) is 49.1 Å². The first-order valence-electron chi connectivity index (χ1n) is 8.38. The highest BCUT2D eigenvalue weighted by molar-refractivity contribution is 5.50. The maximum absolute atomic E-state index is 2.47. The van der Waals surface area contributed by atoms with E-state index in [2.05, 4.69) is 78.9 Å². The predicted octanol–water partition coefficient (Wildman–Crippen LogP) is 6.37. The summed E-state index contributed by atoms with van der Waals surface area (Å²) in [5.41, 5.74) is 4.33. The lowest BCUT2D eigenvalue weighted by Crippen LogP contribution is -2.00. The summed E-state index contributed by atoms with van der Waals surface area (Å²) in [4.78, 5) is 0. The molecule has 0 saturated heterocycles. The van der Waals surface area contributed by atoms with Gasteiger partial charge in [0, 0.05) is 5.92 Å². The molecule has 2 aromatic rings. The Hall–Kier alpha value is -2.08. The van der Waals surface area contributed by atoms with Gasteiger partial charge in [-0.25, -0.2) is 0 Å². The average molecular weight is 288 g/mol. The van der Waals surface area contributed by atoms with Gasteiger partial charge in [0.15, 0.2) is 0 Å². The van der Waals surface area contributed by atoms with Gasteiger partial charge in [-0.2, -0.15) is 0 Å². The van der Waals surface area contributed by atoms with Crippen molar-refractivity contribution in [3.05, 3.63) is 89.5 Å². The van der Waals surface area contributed by atoms with E-state index in [1.54, 1.807) is 5.57 Å². The third kappa shape index (κ3) is 4.21. The van der Waals surface area contributed by atoms with Crippen molar-refractivity contribution in [3.63, 3.8) is 0 Å². The zero-order valence-electron chi connectivity index (χ0n) is 13.1. The number of allylic oxidation sites excluding steroid dienone is 3. The smallest absolute Gasteiger partial charge is 0.00584 e. The number of rotatable bonds is 5. The Morgan fingerprint density at radius 1 is 0.864 bits per heavy atom. The molecule has 0 bridgehead atoms. The summed E-state index contributed by atoms with van der Waals surface area (Å²) < 4.78 is 0. The second kappa shape index (κ2) is 7.79. The standard InChI is InChI=1S/C22H24/c1-4-10-19(11-5-1)16-17-22(21-14-8-3-9-15-21)18-20-12-6-2-7-13-20/h1,3-5,8-12,14-17,22H,2,6-7,13,18H2/b17-16+. The third-order valence-corrected chi connectivity index (χ3v) is 4.42. The molecule has 0 heteroatoms. The van der Waals surface area contributed by atoms with Crippen LogP contribution in [0.3, 0.4) is 0 Å². The van der Waals surface area contributed by atoms with E-state index in [4.69, 9.17) is 0 Å². The first kappa shape index (κ1) is 14.8. The van der Waals surface area contributed by atoms with E-state index in [0.29, 0.717) is 5.92 Å². The Bertz CT molecular complexity index is 620. The molecule has 3 rings (SSSR count). The third-order valence-electron chi connectivity index (χ3n) is 4.42. The summed E-state index contributed by atoms with van der Waals surface area (Å²) in [6.07, 6.45) is 13.5. The Balaban J connectivity index is 1.80. The van der Waals surface area contributed by atoms with Crippen molar-refractivity contribution in [2.24, 2.45) is 0 Å². The van der Waals surface area contributed by atoms with Crippen LogP contribution in [0.15, 0.2) is 78.4 Å². The quantitative estimate of drug-likeness (QED) is 0.560. The number of benzene rings is 2. The molecule has 112 valence electrons. The average Bonchev–Trinajstić information content (AvgIpc) is 2.61. The van der Waals surface area contributed by atoms with Crippen molar-refractivity contribution in [2.45, 2.75) is 38.0 Å². The molecule has 0 nitrogen and oxygen atoms in total. The fraction of sp³-hybridized carbons (Fsp3) is 0.273. The van der Waals surface area contributed by atoms with Crippen molar-refractivity contribution in [1.29, 1.82) is 0 Å². The highest BCUT2D eigenvalue weighted by Crippen LogP contribution is 2.30. The van der Waals surface area contributed by atoms with Crippen molar-refractivity contribution < 1.29 is 0 Å². The van der Waals surface area contributed by atoms with Gasteiger partial charge in [0.25, 0.3) is 0 Å². The van der Waals surface area contributed by atoms with Crippen LogP contribution in [0.25, 0.3) is 6.08 Å². The molecule has 1 aliphatic rings. The Labute approximate surface area is 134 Å². The molecular formula is C22H24. The highest BCUT2D eigenvalue weighted by atomic mass is 14.2. The van der Waals surface area contributed by atoms with Crippen LogP contribution in [0.5, 0.6) is 0 Å². The van der Waals surface area contributed by atoms with Gasteiger partial charge >= 0.3 is 0 Å². The second-order valence-corrected chi connectivity index (χ2v) is 6.10. The lowest BCUT2D eigenvalue weighted by Gasteiger charge is -2.18. The number of hydrogen-bond acceptors (Lipinski definition) is 0. The zero-order chi connectivity index (χ0) is 15.0. The predicted molar refractivity (Wildman–Crippen MR) is 95.8 cm³/mol. The maximum Gasteiger partial charge on any atom is 0.00584 e. The van der Waals surface area contributed by atoms with Gasteiger partial charge in [-0.05, 0) is 43.2 Å². The zero-order valence-corrected chi connectivity index (χ0v) is 13.1. The topological polar surface area (TPSA) is 0 Å². The van der Waals surface area contributed by atoms with Crippen LogP contribution in [0.2, 0.25) is 0 Å². The summed E-state index contributed by atoms with van der Waals surface area (Å²) in [5, 5.41) is 0. The molecular weight excluding hydrogens is 264 g/mol. The van der Waals surface area contributed by atoms with E-state index in [0.717, 1.165) is 6.42 Å². The molecule has 0 amide bonds. The lowest BCUT2D eigenvalue weighted by atomic mass is 9.87. The van der Waals surface area contributed by atoms with Crippen LogP contribution < -0.4 is 0 Å². The van der Waals surface area contributed by atoms with Gasteiger partial charge in [-0.3, -0.25) is 0 Å². The molecule has 0 aliphatic heterocycles. The van der Waals surface area contributed by atoms with Crippen LogP contribution in [0.4, 0.5) is 0 Å². The molecule has 0 spiro atoms. The van der Waals surface area contributed by atoms with Crippen molar-refractivity contribution in [2.75, 3.05) is 0 Å². The van der Waals surface area contributed by atoms with Gasteiger partial charge in [-0.15, -0.1) is 0 Å². The van der Waals surface area contributed by atoms with Crippen LogP contribution in [0, 0.1) is 0 Å². The number of hydrogen-bond donors (Lipinski definition) is 0. The van der Waals surface area contributed by atoms with E-state index in [1.807, 2.05) is 0 Å². The molecule has 1 aliphatic carbocycles. The second-order valence-electron chi connectivity index (χ2n) is 6.10. The van der Waals surface area contributed by atoms with Crippen LogP contribution in [-0.2, 0) is 0 Å². The molecule has 1 atom stereocenters. The fourth-order valence-corrected chi connectivity index (χ4v) is 3.16. The highest BCUT2D eigenvalue weighted by Gasteiger charge is 2.12. The van der Waals surface area contributed by atoms with E-state index < -0.39 is 0 Å². The van der Waals surface area contributed by atoms with Gasteiger partial charge in [-0.1, -0.05) is 84.5 Å². The Morgan fingerprint density at radius 3 is 2.27 bits per heavy atom. The van der Waals surface area contributed by atoms with E-state index in [-0.39, 0.29) is 0 Å². The maximum atomic E-state index is 2.47. The van der Waals surface area contributed by atoms with Crippen LogP contribution >= 0.6 is 0 Å². The lowest BCUT2D eigenvalue weighted by molar-refractivity contribution is 0.658. The van der Waals surface area contributed by atoms with E-state index in [9.17, 15) is 0 Å². The largest absolute Gasteiger partial charge is 0.0853 e. The molecule has 0 aromatic heterocycles. The molecule has 22 heavy (non-hydrogen) atoms. The van der Waals surface area contributed by atoms with Crippen molar-refractivity contribution in [1.82, 2.24) is 0 Å². The van der Waals surface area contributed by atoms with E-state index in [1.165, 1.54) is 36.8 Å². The van der Waals surface area contributed by atoms with Crippen molar-refractivity contribution in [3.8, 4) is 0 Å². The molecule has 0 heterocycles. The summed E-state index contributed by atoms with van der Waals surface area (Å²) in [5.74, 6) is 0.478. The molecule has 0 fully saturated rings. The normalized spacial score (nSPS) is 16.5. The molecule has 0 radical (unpaired) electrons. The van der Waals surface area contributed by atoms with E-state index >= 15 is 0 Å². The summed E-state index contributed by atoms with van der Waals surface area (Å²) in [7, 11) is 0. The monoisotopic (exact) mass is 288 g/mol. The summed E-state index contributed by atoms with van der Waals surface area (Å²) in [6, 6.07) is 21.5. The summed E-state index contributed by atoms with van der Waals surface area (Å²) >= 11 is 0. The van der Waals surface area contributed by atoms with Crippen molar-refractivity contribution >= 4 is 6.08 Å². The molecule has 0 N–H and O–H groups in total. The first-order valence-corrected chi connectivity index (χ1v) is 8.38. The minimum absolute atomic E-state index is 0.478. The fourth-order valence-electron chi connectivity index (χ4n) is 3.16. The van der Waals surface area contributed by atoms with Gasteiger partial charge in [0.1, 0.15) is 0 Å². The SMILES string of the molecule is C1=C(CC(/C=C/c2ccccc2)c2ccccc2)CCCC1. The minimum atomic E-state index is 0.478.